The lowest BCUT2D eigenvalue weighted by Gasteiger charge is -1.63. The molecule has 0 heterocycles. The number of halogens is 3. The molecule has 98 valence electrons. The van der Waals surface area contributed by atoms with Gasteiger partial charge in [-0.15, -0.1) is 0 Å². The summed E-state index contributed by atoms with van der Waals surface area (Å²) in [7, 11) is -15.5. The van der Waals surface area contributed by atoms with Gasteiger partial charge in [-0.3, -0.25) is 13.7 Å². The molecule has 2 radical (unpaired) electrons. The van der Waals surface area contributed by atoms with Crippen molar-refractivity contribution < 1.29 is 50.6 Å². The molecular weight excluding hydrogens is 321 g/mol. The Kier molecular flexibility index (Phi) is 14.7. The van der Waals surface area contributed by atoms with Crippen molar-refractivity contribution in [1.29, 1.82) is 0 Å². The maximum absolute atomic E-state index is 10.2. The van der Waals surface area contributed by atoms with Gasteiger partial charge in [0, 0.05) is 23.1 Å². The van der Waals surface area contributed by atoms with Gasteiger partial charge in [-0.05, 0) is 0 Å². The highest BCUT2D eigenvalue weighted by atomic mass is 32.3. The Balaban J connectivity index is -0.0000000655. The van der Waals surface area contributed by atoms with Crippen LogP contribution in [0, 0.1) is 0 Å². The Hall–Kier alpha value is 0.286. The van der Waals surface area contributed by atoms with Gasteiger partial charge in [0.05, 0.1) is 0 Å². The van der Waals surface area contributed by atoms with Crippen LogP contribution in [-0.4, -0.2) is 62.0 Å². The Morgan fingerprint density at radius 1 is 0.562 bits per heavy atom. The number of rotatable bonds is 0. The van der Waals surface area contributed by atoms with Crippen molar-refractivity contribution in [2.24, 2.45) is 0 Å². The minimum Gasteiger partial charge on any atom is -0.260 e. The van der Waals surface area contributed by atoms with Crippen molar-refractivity contribution >= 4 is 54.6 Å². The van der Waals surface area contributed by atoms with Crippen molar-refractivity contribution in [3.8, 4) is 0 Å². The average molecular weight is 325 g/mol. The first kappa shape index (κ1) is 25.2. The van der Waals surface area contributed by atoms with Gasteiger partial charge >= 0.3 is 31.5 Å². The molecule has 0 saturated heterocycles. The highest BCUT2D eigenvalue weighted by molar-refractivity contribution is 7.80. The maximum atomic E-state index is 10.2. The third-order valence-electron chi connectivity index (χ3n) is 0. The third-order valence-corrected chi connectivity index (χ3v) is 0. The van der Waals surface area contributed by atoms with Gasteiger partial charge in [0.2, 0.25) is 0 Å². The van der Waals surface area contributed by atoms with Crippen molar-refractivity contribution in [2.45, 2.75) is 0 Å². The van der Waals surface area contributed by atoms with Crippen LogP contribution in [0.1, 0.15) is 0 Å². The molecule has 0 spiro atoms. The summed E-state index contributed by atoms with van der Waals surface area (Å²) in [4.78, 5) is 0. The second-order valence-corrected chi connectivity index (χ2v) is 3.71. The van der Waals surface area contributed by atoms with Crippen LogP contribution in [-0.2, 0) is 31.5 Å². The first-order chi connectivity index (χ1) is 6.00. The van der Waals surface area contributed by atoms with E-state index < -0.39 is 31.5 Å². The summed E-state index contributed by atoms with van der Waals surface area (Å²) >= 11 is 0. The van der Waals surface area contributed by atoms with E-state index in [1.54, 1.807) is 0 Å². The SMILES string of the molecule is O=S(=O)(O)F.O=S(=O)(O)F.O=S(=O)(O)F.[Mg]. The molecule has 0 aliphatic carbocycles. The van der Waals surface area contributed by atoms with Gasteiger partial charge in [-0.25, -0.2) is 0 Å². The zero-order valence-corrected chi connectivity index (χ0v) is 10.7. The van der Waals surface area contributed by atoms with Gasteiger partial charge in [-0.2, -0.15) is 25.3 Å². The highest BCUT2D eigenvalue weighted by Crippen LogP contribution is 1.74. The standard InChI is InChI=1S/3FHO3S.Mg/c3*1-5(2,3)4;/h3*(H,2,3,4);. The lowest BCUT2D eigenvalue weighted by molar-refractivity contribution is 0.432. The van der Waals surface area contributed by atoms with E-state index in [0.717, 1.165) is 0 Å². The molecule has 9 nitrogen and oxygen atoms in total. The molecule has 0 saturated carbocycles. The van der Waals surface area contributed by atoms with Gasteiger partial charge in [0.1, 0.15) is 0 Å². The average Bonchev–Trinajstić information content (AvgIpc) is 1.41. The van der Waals surface area contributed by atoms with Crippen LogP contribution in [0.3, 0.4) is 0 Å². The normalized spacial score (nSPS) is 10.9. The molecule has 0 aliphatic rings. The molecule has 0 aromatic heterocycles. The summed E-state index contributed by atoms with van der Waals surface area (Å²) in [5.74, 6) is 0. The van der Waals surface area contributed by atoms with Crippen LogP contribution >= 0.6 is 0 Å². The van der Waals surface area contributed by atoms with Crippen molar-refractivity contribution in [3.63, 3.8) is 0 Å². The maximum Gasteiger partial charge on any atom is 0.435 e. The zero-order chi connectivity index (χ0) is 13.5. The second-order valence-electron chi connectivity index (χ2n) is 1.24. The van der Waals surface area contributed by atoms with Crippen LogP contribution < -0.4 is 0 Å². The lowest BCUT2D eigenvalue weighted by atomic mass is 15.9. The summed E-state index contributed by atoms with van der Waals surface area (Å²) in [6.45, 7) is 0. The van der Waals surface area contributed by atoms with E-state index in [9.17, 15) is 11.7 Å². The van der Waals surface area contributed by atoms with Gasteiger partial charge < -0.3 is 0 Å². The smallest absolute Gasteiger partial charge is 0.260 e. The van der Waals surface area contributed by atoms with Crippen LogP contribution in [0.5, 0.6) is 0 Å². The molecule has 16 heavy (non-hydrogen) atoms. The topological polar surface area (TPSA) is 163 Å². The Bertz CT molecular complexity index is 347. The molecule has 0 amide bonds. The fourth-order valence-electron chi connectivity index (χ4n) is 0. The van der Waals surface area contributed by atoms with E-state index in [-0.39, 0.29) is 23.1 Å². The van der Waals surface area contributed by atoms with Crippen LogP contribution in [0.25, 0.3) is 0 Å². The van der Waals surface area contributed by atoms with E-state index in [1.165, 1.54) is 0 Å². The van der Waals surface area contributed by atoms with Crippen molar-refractivity contribution in [2.75, 3.05) is 0 Å². The van der Waals surface area contributed by atoms with Gasteiger partial charge in [0.25, 0.3) is 0 Å². The molecule has 0 rings (SSSR count). The fourth-order valence-corrected chi connectivity index (χ4v) is 0. The highest BCUT2D eigenvalue weighted by Gasteiger charge is 1.90. The monoisotopic (exact) mass is 324 g/mol. The third kappa shape index (κ3) is 30800. The minimum absolute atomic E-state index is 0. The van der Waals surface area contributed by atoms with Crippen molar-refractivity contribution in [1.82, 2.24) is 0 Å². The van der Waals surface area contributed by atoms with Gasteiger partial charge in [-0.1, -0.05) is 11.7 Å². The summed E-state index contributed by atoms with van der Waals surface area (Å²) in [6, 6.07) is 0. The minimum atomic E-state index is -5.17. The largest absolute Gasteiger partial charge is 0.435 e. The molecular formula is H3F3MgO9S3. The molecule has 0 aromatic rings. The quantitative estimate of drug-likeness (QED) is 0.285. The van der Waals surface area contributed by atoms with E-state index >= 15 is 0 Å². The molecule has 16 heteroatoms. The molecule has 0 bridgehead atoms. The molecule has 0 aromatic carbocycles. The molecule has 3 N–H and O–H groups in total. The number of hydrogen-bond donors (Lipinski definition) is 3. The van der Waals surface area contributed by atoms with Crippen LogP contribution in [0.15, 0.2) is 0 Å². The molecule has 0 atom stereocenters. The zero-order valence-electron chi connectivity index (χ0n) is 6.86. The van der Waals surface area contributed by atoms with E-state index in [4.69, 9.17) is 38.9 Å². The summed E-state index contributed by atoms with van der Waals surface area (Å²) in [5.41, 5.74) is 0. The fraction of sp³-hybridized carbons (Fsp3) is 0. The van der Waals surface area contributed by atoms with Crippen LogP contribution in [0.2, 0.25) is 0 Å². The second kappa shape index (κ2) is 9.33. The van der Waals surface area contributed by atoms with E-state index in [0.29, 0.717) is 0 Å². The predicted molar refractivity (Wildman–Crippen MR) is 43.7 cm³/mol. The van der Waals surface area contributed by atoms with Crippen LogP contribution in [0.4, 0.5) is 11.7 Å². The van der Waals surface area contributed by atoms with E-state index in [2.05, 4.69) is 0 Å². The summed E-state index contributed by atoms with van der Waals surface area (Å²) < 4.78 is 102. The first-order valence-corrected chi connectivity index (χ1v) is 6.03. The Morgan fingerprint density at radius 2 is 0.562 bits per heavy atom. The van der Waals surface area contributed by atoms with Crippen molar-refractivity contribution in [3.05, 3.63) is 0 Å². The Labute approximate surface area is 105 Å². The Morgan fingerprint density at radius 3 is 0.562 bits per heavy atom. The first-order valence-electron chi connectivity index (χ1n) is 2.01. The molecule has 0 fully saturated rings. The van der Waals surface area contributed by atoms with E-state index in [1.807, 2.05) is 0 Å². The predicted octanol–water partition coefficient (Wildman–Crippen LogP) is -1.10. The molecule has 0 aliphatic heterocycles. The van der Waals surface area contributed by atoms with Gasteiger partial charge in [0.15, 0.2) is 0 Å². The summed E-state index contributed by atoms with van der Waals surface area (Å²) in [6.07, 6.45) is 0. The number of hydrogen-bond acceptors (Lipinski definition) is 6. The molecule has 0 unspecified atom stereocenters. The lowest BCUT2D eigenvalue weighted by Crippen LogP contribution is -1.80. The summed E-state index contributed by atoms with van der Waals surface area (Å²) in [5, 5.41) is 0.